The van der Waals surface area contributed by atoms with Gasteiger partial charge in [0.15, 0.2) is 5.82 Å². The van der Waals surface area contributed by atoms with Gasteiger partial charge in [0, 0.05) is 5.02 Å². The van der Waals surface area contributed by atoms with Crippen LogP contribution in [0, 0.1) is 11.3 Å². The van der Waals surface area contributed by atoms with E-state index in [9.17, 15) is 4.79 Å². The Balaban J connectivity index is 2.11. The molecule has 0 amide bonds. The first-order valence-corrected chi connectivity index (χ1v) is 7.03. The zero-order chi connectivity index (χ0) is 16.7. The third-order valence-electron chi connectivity index (χ3n) is 2.61. The van der Waals surface area contributed by atoms with Crippen molar-refractivity contribution >= 4 is 23.6 Å². The first-order chi connectivity index (χ1) is 11.1. The van der Waals surface area contributed by atoms with Crippen LogP contribution in [0.1, 0.15) is 12.7 Å². The molecule has 0 spiro atoms. The smallest absolute Gasteiger partial charge is 0.348 e. The molecule has 1 aromatic carbocycles. The van der Waals surface area contributed by atoms with Crippen LogP contribution < -0.4 is 0 Å². The third kappa shape index (κ3) is 4.49. The van der Waals surface area contributed by atoms with Crippen molar-refractivity contribution < 1.29 is 9.53 Å². The van der Waals surface area contributed by atoms with E-state index in [2.05, 4.69) is 15.4 Å². The summed E-state index contributed by atoms with van der Waals surface area (Å²) in [6, 6.07) is 8.72. The van der Waals surface area contributed by atoms with E-state index in [1.807, 2.05) is 0 Å². The Morgan fingerprint density at radius 2 is 2.17 bits per heavy atom. The van der Waals surface area contributed by atoms with Crippen LogP contribution in [0.25, 0.3) is 11.8 Å². The molecule has 0 aliphatic rings. The summed E-state index contributed by atoms with van der Waals surface area (Å²) in [5.74, 6) is -0.338. The molecule has 0 fully saturated rings. The maximum Gasteiger partial charge on any atom is 0.348 e. The highest BCUT2D eigenvalue weighted by Gasteiger charge is 2.08. The van der Waals surface area contributed by atoms with Gasteiger partial charge in [-0.1, -0.05) is 17.7 Å². The van der Waals surface area contributed by atoms with Crippen molar-refractivity contribution in [3.05, 3.63) is 52.8 Å². The van der Waals surface area contributed by atoms with Crippen LogP contribution >= 0.6 is 11.6 Å². The Morgan fingerprint density at radius 1 is 1.43 bits per heavy atom. The lowest BCUT2D eigenvalue weighted by molar-refractivity contribution is -0.138. The number of carbonyl (C=O) groups excluding carboxylic acids is 1. The van der Waals surface area contributed by atoms with Gasteiger partial charge in [-0.25, -0.2) is 4.79 Å². The van der Waals surface area contributed by atoms with E-state index in [1.165, 1.54) is 23.0 Å². The van der Waals surface area contributed by atoms with Crippen LogP contribution in [0.2, 0.25) is 5.02 Å². The number of carbonyl (C=O) groups is 1. The first-order valence-electron chi connectivity index (χ1n) is 6.65. The Kier molecular flexibility index (Phi) is 5.61. The molecule has 0 saturated carbocycles. The second-order valence-electron chi connectivity index (χ2n) is 4.19. The van der Waals surface area contributed by atoms with E-state index in [0.717, 1.165) is 0 Å². The molecule has 0 radical (unpaired) electrons. The van der Waals surface area contributed by atoms with Crippen LogP contribution in [0.4, 0.5) is 0 Å². The number of hydrogen-bond acceptors (Lipinski definition) is 6. The van der Waals surface area contributed by atoms with Crippen molar-refractivity contribution in [1.82, 2.24) is 20.2 Å². The molecule has 0 unspecified atom stereocenters. The Bertz CT molecular complexity index is 787. The number of halogens is 1. The van der Waals surface area contributed by atoms with Crippen LogP contribution in [-0.4, -0.2) is 32.8 Å². The Labute approximate surface area is 137 Å². The SMILES string of the molecule is CCOC(=O)/C(C#N)=C/C=C/c1nnn(-c2ccc(Cl)cc2)n1. The van der Waals surface area contributed by atoms with Gasteiger partial charge < -0.3 is 4.74 Å². The summed E-state index contributed by atoms with van der Waals surface area (Å²) >= 11 is 5.82. The molecule has 0 atom stereocenters. The number of nitrogens with zero attached hydrogens (tertiary/aromatic N) is 5. The quantitative estimate of drug-likeness (QED) is 0.362. The highest BCUT2D eigenvalue weighted by atomic mass is 35.5. The molecular weight excluding hydrogens is 318 g/mol. The molecule has 0 saturated heterocycles. The standard InChI is InChI=1S/C15H12ClN5O2/c1-2-23-15(22)11(10-17)4-3-5-14-18-20-21(19-14)13-8-6-12(16)7-9-13/h3-9H,2H2,1H3/b5-3+,11-4+. The number of nitriles is 1. The fourth-order valence-electron chi connectivity index (χ4n) is 1.57. The van der Waals surface area contributed by atoms with E-state index in [0.29, 0.717) is 16.5 Å². The van der Waals surface area contributed by atoms with Crippen molar-refractivity contribution in [2.75, 3.05) is 6.61 Å². The molecule has 0 N–H and O–H groups in total. The minimum absolute atomic E-state index is 0.104. The lowest BCUT2D eigenvalue weighted by Crippen LogP contribution is -2.05. The summed E-state index contributed by atoms with van der Waals surface area (Å²) in [6.07, 6.45) is 4.34. The van der Waals surface area contributed by atoms with E-state index in [-0.39, 0.29) is 12.2 Å². The summed E-state index contributed by atoms with van der Waals surface area (Å²) in [5.41, 5.74) is 0.606. The number of benzene rings is 1. The molecule has 2 rings (SSSR count). The van der Waals surface area contributed by atoms with Crippen molar-refractivity contribution in [2.45, 2.75) is 6.92 Å². The van der Waals surface area contributed by atoms with Crippen LogP contribution in [-0.2, 0) is 9.53 Å². The van der Waals surface area contributed by atoms with E-state index in [4.69, 9.17) is 21.6 Å². The minimum atomic E-state index is -0.669. The predicted octanol–water partition coefficient (Wildman–Crippen LogP) is 2.34. The normalized spacial score (nSPS) is 11.4. The second kappa shape index (κ2) is 7.87. The molecule has 8 heteroatoms. The number of allylic oxidation sites excluding steroid dienone is 2. The summed E-state index contributed by atoms with van der Waals surface area (Å²) in [4.78, 5) is 12.8. The lowest BCUT2D eigenvalue weighted by Gasteiger charge is -1.97. The zero-order valence-corrected chi connectivity index (χ0v) is 12.9. The topological polar surface area (TPSA) is 93.7 Å². The number of ether oxygens (including phenoxy) is 1. The number of hydrogen-bond donors (Lipinski definition) is 0. The molecular formula is C15H12ClN5O2. The molecule has 23 heavy (non-hydrogen) atoms. The average molecular weight is 330 g/mol. The van der Waals surface area contributed by atoms with Crippen molar-refractivity contribution in [3.8, 4) is 11.8 Å². The summed E-state index contributed by atoms with van der Waals surface area (Å²) in [7, 11) is 0. The number of tetrazole rings is 1. The summed E-state index contributed by atoms with van der Waals surface area (Å²) in [5, 5.41) is 21.4. The fourth-order valence-corrected chi connectivity index (χ4v) is 1.69. The molecule has 1 aromatic heterocycles. The molecule has 0 bridgehead atoms. The number of aromatic nitrogens is 4. The van der Waals surface area contributed by atoms with E-state index in [1.54, 1.807) is 37.3 Å². The van der Waals surface area contributed by atoms with Gasteiger partial charge in [0.25, 0.3) is 0 Å². The van der Waals surface area contributed by atoms with Gasteiger partial charge in [-0.2, -0.15) is 5.26 Å². The maximum atomic E-state index is 11.4. The van der Waals surface area contributed by atoms with Crippen molar-refractivity contribution in [1.29, 1.82) is 5.26 Å². The number of rotatable bonds is 5. The van der Waals surface area contributed by atoms with Gasteiger partial charge in [-0.05, 0) is 48.6 Å². The van der Waals surface area contributed by atoms with Crippen LogP contribution in [0.15, 0.2) is 42.0 Å². The van der Waals surface area contributed by atoms with Crippen LogP contribution in [0.3, 0.4) is 0 Å². The highest BCUT2D eigenvalue weighted by molar-refractivity contribution is 6.30. The predicted molar refractivity (Wildman–Crippen MR) is 83.5 cm³/mol. The monoisotopic (exact) mass is 329 g/mol. The van der Waals surface area contributed by atoms with E-state index < -0.39 is 5.97 Å². The average Bonchev–Trinajstić information content (AvgIpc) is 3.01. The van der Waals surface area contributed by atoms with Gasteiger partial charge in [0.05, 0.1) is 12.3 Å². The maximum absolute atomic E-state index is 11.4. The fraction of sp³-hybridized carbons (Fsp3) is 0.133. The molecule has 7 nitrogen and oxygen atoms in total. The Morgan fingerprint density at radius 3 is 2.83 bits per heavy atom. The Hall–Kier alpha value is -2.98. The molecule has 0 aliphatic carbocycles. The zero-order valence-electron chi connectivity index (χ0n) is 12.2. The summed E-state index contributed by atoms with van der Waals surface area (Å²) < 4.78 is 4.75. The summed E-state index contributed by atoms with van der Waals surface area (Å²) in [6.45, 7) is 1.88. The minimum Gasteiger partial charge on any atom is -0.462 e. The second-order valence-corrected chi connectivity index (χ2v) is 4.62. The molecule has 116 valence electrons. The van der Waals surface area contributed by atoms with E-state index >= 15 is 0 Å². The van der Waals surface area contributed by atoms with Gasteiger partial charge in [-0.15, -0.1) is 15.0 Å². The molecule has 1 heterocycles. The van der Waals surface area contributed by atoms with Crippen molar-refractivity contribution in [3.63, 3.8) is 0 Å². The largest absolute Gasteiger partial charge is 0.462 e. The van der Waals surface area contributed by atoms with Gasteiger partial charge >= 0.3 is 5.97 Å². The lowest BCUT2D eigenvalue weighted by atomic mass is 10.2. The molecule has 0 aliphatic heterocycles. The van der Waals surface area contributed by atoms with Crippen LogP contribution in [0.5, 0.6) is 0 Å². The molecule has 2 aromatic rings. The van der Waals surface area contributed by atoms with Gasteiger partial charge in [0.1, 0.15) is 11.6 Å². The van der Waals surface area contributed by atoms with Crippen molar-refractivity contribution in [2.24, 2.45) is 0 Å². The first kappa shape index (κ1) is 16.4. The van der Waals surface area contributed by atoms with Gasteiger partial charge in [-0.3, -0.25) is 0 Å². The van der Waals surface area contributed by atoms with Gasteiger partial charge in [0.2, 0.25) is 0 Å². The third-order valence-corrected chi connectivity index (χ3v) is 2.86. The number of esters is 1. The highest BCUT2D eigenvalue weighted by Crippen LogP contribution is 2.11.